The van der Waals surface area contributed by atoms with Crippen LogP contribution in [0.3, 0.4) is 0 Å². The molecule has 0 aromatic heterocycles. The van der Waals surface area contributed by atoms with E-state index < -0.39 is 0 Å². The van der Waals surface area contributed by atoms with E-state index in [1.807, 2.05) is 0 Å². The molecule has 0 unspecified atom stereocenters. The fourth-order valence-electron chi connectivity index (χ4n) is 0.372. The molecule has 0 aliphatic rings. The summed E-state index contributed by atoms with van der Waals surface area (Å²) < 4.78 is 11.2. The molecule has 0 rings (SSSR count). The predicted octanol–water partition coefficient (Wildman–Crippen LogP) is 5.33. The quantitative estimate of drug-likeness (QED) is 0.377. The Hall–Kier alpha value is 1.58. The zero-order chi connectivity index (χ0) is 11.1. The summed E-state index contributed by atoms with van der Waals surface area (Å²) in [6, 6.07) is 0. The summed E-state index contributed by atoms with van der Waals surface area (Å²) in [6.45, 7) is 0.589. The first-order valence-corrected chi connectivity index (χ1v) is 7.05. The molecule has 0 aromatic rings. The molecule has 0 N–H and O–H groups in total. The Kier molecular flexibility index (Phi) is 9.68. The van der Waals surface area contributed by atoms with Gasteiger partial charge in [0.1, 0.15) is 20.0 Å². The second kappa shape index (κ2) is 8.70. The highest BCUT2D eigenvalue weighted by atomic mass is 79.9. The molecule has 0 radical (unpaired) electrons. The molecule has 2 nitrogen and oxygen atoms in total. The summed E-state index contributed by atoms with van der Waals surface area (Å²) in [4.78, 5) is 0. The lowest BCUT2D eigenvalue weighted by atomic mass is 10.8. The normalized spacial score (nSPS) is 9.29. The van der Waals surface area contributed by atoms with Crippen LogP contribution < -0.4 is 0 Å². The second-order valence-corrected chi connectivity index (χ2v) is 7.75. The minimum Gasteiger partial charge on any atom is -0.478 e. The van der Waals surface area contributed by atoms with E-state index in [9.17, 15) is 0 Å². The van der Waals surface area contributed by atoms with Gasteiger partial charge in [-0.15, -0.1) is 0 Å². The van der Waals surface area contributed by atoms with Crippen LogP contribution >= 0.6 is 86.9 Å². The summed E-state index contributed by atoms with van der Waals surface area (Å²) in [5, 5.41) is 0.457. The van der Waals surface area contributed by atoms with E-state index in [1.54, 1.807) is 0 Å². The summed E-state index contributed by atoms with van der Waals surface area (Å²) in [6.07, 6.45) is 0. The highest BCUT2D eigenvalue weighted by Gasteiger charge is 2.01. The van der Waals surface area contributed by atoms with E-state index in [-0.39, 0.29) is 10.4 Å². The lowest BCUT2D eigenvalue weighted by Gasteiger charge is -2.06. The highest BCUT2D eigenvalue weighted by molar-refractivity contribution is 9.28. The van der Waals surface area contributed by atoms with E-state index in [0.29, 0.717) is 20.0 Å². The van der Waals surface area contributed by atoms with Crippen LogP contribution in [0.1, 0.15) is 0 Å². The Morgan fingerprint density at radius 3 is 1.29 bits per heavy atom. The van der Waals surface area contributed by atoms with Gasteiger partial charge in [-0.05, 0) is 86.9 Å². The van der Waals surface area contributed by atoms with Gasteiger partial charge in [0.2, 0.25) is 10.4 Å². The third kappa shape index (κ3) is 7.82. The molecule has 0 fully saturated rings. The van der Waals surface area contributed by atoms with Gasteiger partial charge in [-0.25, -0.2) is 0 Å². The molecule has 14 heavy (non-hydrogen) atoms. The molecule has 0 aliphatic carbocycles. The minimum absolute atomic E-state index is 0.228. The van der Waals surface area contributed by atoms with Crippen LogP contribution in [0.2, 0.25) is 0 Å². The fraction of sp³-hybridized carbons (Fsp3) is 0.333. The maximum absolute atomic E-state index is 5.64. The number of ether oxygens (including phenoxy) is 2. The van der Waals surface area contributed by atoms with E-state index in [4.69, 9.17) is 32.7 Å². The third-order valence-electron chi connectivity index (χ3n) is 0.838. The fourth-order valence-corrected chi connectivity index (χ4v) is 0.984. The largest absolute Gasteiger partial charge is 0.478 e. The molecule has 0 saturated heterocycles. The van der Waals surface area contributed by atoms with Crippen molar-refractivity contribution in [3.63, 3.8) is 0 Å². The number of halogens is 6. The highest BCUT2D eigenvalue weighted by Crippen LogP contribution is 2.24. The maximum atomic E-state index is 5.64. The molecule has 0 aliphatic heterocycles. The van der Waals surface area contributed by atoms with Crippen molar-refractivity contribution >= 4 is 86.9 Å². The van der Waals surface area contributed by atoms with Gasteiger partial charge in [-0.1, -0.05) is 0 Å². The van der Waals surface area contributed by atoms with Crippen molar-refractivity contribution in [2.45, 2.75) is 0 Å². The molecule has 0 spiro atoms. The van der Waals surface area contributed by atoms with Crippen molar-refractivity contribution in [3.8, 4) is 0 Å². The van der Waals surface area contributed by atoms with Crippen molar-refractivity contribution < 1.29 is 9.47 Å². The Morgan fingerprint density at radius 2 is 1.07 bits per heavy atom. The van der Waals surface area contributed by atoms with Gasteiger partial charge in [0, 0.05) is 0 Å². The monoisotopic (exact) mass is 494 g/mol. The zero-order valence-electron chi connectivity index (χ0n) is 6.50. The topological polar surface area (TPSA) is 18.5 Å². The molecular weight excluding hydrogens is 495 g/mol. The van der Waals surface area contributed by atoms with Crippen LogP contribution in [0, 0.1) is 0 Å². The first kappa shape index (κ1) is 15.6. The van der Waals surface area contributed by atoms with Crippen molar-refractivity contribution in [3.05, 3.63) is 17.2 Å². The minimum atomic E-state index is 0.228. The summed E-state index contributed by atoms with van der Waals surface area (Å²) >= 11 is 23.6. The molecule has 0 bridgehead atoms. The summed E-state index contributed by atoms with van der Waals surface area (Å²) in [5.41, 5.74) is 0. The molecule has 0 atom stereocenters. The number of hydrogen-bond donors (Lipinski definition) is 0. The van der Waals surface area contributed by atoms with Crippen molar-refractivity contribution in [2.24, 2.45) is 0 Å². The first-order chi connectivity index (χ1) is 6.45. The second-order valence-electron chi connectivity index (χ2n) is 1.77. The predicted molar refractivity (Wildman–Crippen MR) is 73.4 cm³/mol. The van der Waals surface area contributed by atoms with E-state index in [2.05, 4.69) is 63.7 Å². The molecule has 0 saturated carbocycles. The molecule has 0 heterocycles. The van der Waals surface area contributed by atoms with E-state index >= 15 is 0 Å². The van der Waals surface area contributed by atoms with Crippen LogP contribution in [-0.4, -0.2) is 13.2 Å². The van der Waals surface area contributed by atoms with Gasteiger partial charge in [-0.3, -0.25) is 0 Å². The van der Waals surface area contributed by atoms with Crippen LogP contribution in [-0.2, 0) is 9.47 Å². The lowest BCUT2D eigenvalue weighted by molar-refractivity contribution is 0.138. The van der Waals surface area contributed by atoms with E-state index in [1.165, 1.54) is 0 Å². The SMILES string of the molecule is ClC(OCCOC(Cl)=C(Br)Br)=C(Br)Br. The van der Waals surface area contributed by atoms with E-state index in [0.717, 1.165) is 0 Å². The van der Waals surface area contributed by atoms with Crippen LogP contribution in [0.25, 0.3) is 0 Å². The Morgan fingerprint density at radius 1 is 0.786 bits per heavy atom. The van der Waals surface area contributed by atoms with Gasteiger partial charge in [0.05, 0.1) is 0 Å². The van der Waals surface area contributed by atoms with Gasteiger partial charge in [-0.2, -0.15) is 0 Å². The molecular formula is C6H4Br4Cl2O2. The zero-order valence-corrected chi connectivity index (χ0v) is 14.4. The van der Waals surface area contributed by atoms with Gasteiger partial charge in [0.15, 0.2) is 0 Å². The third-order valence-corrected chi connectivity index (χ3v) is 3.79. The van der Waals surface area contributed by atoms with Gasteiger partial charge in [0.25, 0.3) is 0 Å². The number of rotatable bonds is 5. The summed E-state index contributed by atoms with van der Waals surface area (Å²) in [5.74, 6) is 0. The van der Waals surface area contributed by atoms with Gasteiger partial charge < -0.3 is 9.47 Å². The lowest BCUT2D eigenvalue weighted by Crippen LogP contribution is -2.00. The average Bonchev–Trinajstić information content (AvgIpc) is 2.11. The van der Waals surface area contributed by atoms with Crippen LogP contribution in [0.5, 0.6) is 0 Å². The first-order valence-electron chi connectivity index (χ1n) is 3.12. The van der Waals surface area contributed by atoms with Gasteiger partial charge >= 0.3 is 0 Å². The van der Waals surface area contributed by atoms with Crippen molar-refractivity contribution in [1.29, 1.82) is 0 Å². The summed E-state index contributed by atoms with van der Waals surface area (Å²) in [7, 11) is 0. The Bertz CT molecular complexity index is 220. The standard InChI is InChI=1S/C6H4Br4Cl2O2/c7-3(8)5(11)13-1-2-14-6(12)4(9)10/h1-2H2. The molecule has 8 heteroatoms. The molecule has 0 aromatic carbocycles. The van der Waals surface area contributed by atoms with Crippen molar-refractivity contribution in [2.75, 3.05) is 13.2 Å². The smallest absolute Gasteiger partial charge is 0.208 e. The van der Waals surface area contributed by atoms with Crippen molar-refractivity contribution in [1.82, 2.24) is 0 Å². The maximum Gasteiger partial charge on any atom is 0.208 e. The number of hydrogen-bond acceptors (Lipinski definition) is 2. The molecule has 0 amide bonds. The Balaban J connectivity index is 3.69. The molecule has 82 valence electrons. The average molecular weight is 499 g/mol. The Labute approximate surface area is 125 Å². The van der Waals surface area contributed by atoms with Crippen LogP contribution in [0.15, 0.2) is 17.2 Å². The van der Waals surface area contributed by atoms with Crippen LogP contribution in [0.4, 0.5) is 0 Å².